The van der Waals surface area contributed by atoms with Gasteiger partial charge in [-0.15, -0.1) is 0 Å². The normalized spacial score (nSPS) is 12.9. The molecule has 2 rings (SSSR count). The van der Waals surface area contributed by atoms with Gasteiger partial charge in [0.15, 0.2) is 0 Å². The van der Waals surface area contributed by atoms with Crippen molar-refractivity contribution >= 4 is 28.6 Å². The van der Waals surface area contributed by atoms with E-state index in [2.05, 4.69) is 44.1 Å². The van der Waals surface area contributed by atoms with Crippen molar-refractivity contribution in [1.29, 1.82) is 0 Å². The summed E-state index contributed by atoms with van der Waals surface area (Å²) in [5.74, 6) is 0. The first-order valence-corrected chi connectivity index (χ1v) is 7.76. The Morgan fingerprint density at radius 3 is 2.71 bits per heavy atom. The van der Waals surface area contributed by atoms with E-state index in [0.717, 1.165) is 34.5 Å². The van der Waals surface area contributed by atoms with Crippen molar-refractivity contribution in [3.8, 4) is 0 Å². The number of benzene rings is 1. The lowest BCUT2D eigenvalue weighted by atomic mass is 10.0. The quantitative estimate of drug-likeness (QED) is 0.853. The molecule has 0 aliphatic rings. The Labute approximate surface area is 132 Å². The second kappa shape index (κ2) is 6.59. The molecule has 2 nitrogen and oxygen atoms in total. The maximum atomic E-state index is 6.25. The number of halogens is 1. The predicted octanol–water partition coefficient (Wildman–Crippen LogP) is 5.07. The van der Waals surface area contributed by atoms with Crippen LogP contribution in [-0.4, -0.2) is 17.1 Å². The van der Waals surface area contributed by atoms with Gasteiger partial charge in [0, 0.05) is 29.2 Å². The van der Waals surface area contributed by atoms with Gasteiger partial charge >= 0.3 is 0 Å². The zero-order valence-corrected chi connectivity index (χ0v) is 14.0. The minimum absolute atomic E-state index is 0.120. The summed E-state index contributed by atoms with van der Waals surface area (Å²) >= 11 is 6.25. The van der Waals surface area contributed by atoms with Crippen molar-refractivity contribution in [2.45, 2.75) is 39.7 Å². The van der Waals surface area contributed by atoms with E-state index in [1.54, 1.807) is 0 Å². The highest BCUT2D eigenvalue weighted by Crippen LogP contribution is 2.26. The SMILES string of the molecule is CC/C(=C/c1ccc(Cl)c2cccnc12)CNC(C)(C)C. The van der Waals surface area contributed by atoms with Gasteiger partial charge in [-0.3, -0.25) is 4.98 Å². The fourth-order valence-electron chi connectivity index (χ4n) is 2.15. The van der Waals surface area contributed by atoms with Gasteiger partial charge in [-0.25, -0.2) is 0 Å². The molecular formula is C18H23ClN2. The molecule has 0 saturated carbocycles. The molecule has 0 bridgehead atoms. The summed E-state index contributed by atoms with van der Waals surface area (Å²) in [6.45, 7) is 9.61. The van der Waals surface area contributed by atoms with Crippen LogP contribution < -0.4 is 5.32 Å². The third kappa shape index (κ3) is 4.29. The van der Waals surface area contributed by atoms with Crippen LogP contribution in [0.4, 0.5) is 0 Å². The van der Waals surface area contributed by atoms with E-state index >= 15 is 0 Å². The number of fused-ring (bicyclic) bond motifs is 1. The van der Waals surface area contributed by atoms with Crippen molar-refractivity contribution < 1.29 is 0 Å². The van der Waals surface area contributed by atoms with Crippen molar-refractivity contribution in [2.24, 2.45) is 0 Å². The van der Waals surface area contributed by atoms with Gasteiger partial charge in [0.05, 0.1) is 10.5 Å². The lowest BCUT2D eigenvalue weighted by Gasteiger charge is -2.21. The van der Waals surface area contributed by atoms with Crippen molar-refractivity contribution in [3.05, 3.63) is 46.6 Å². The molecule has 0 amide bonds. The molecule has 1 aromatic heterocycles. The zero-order chi connectivity index (χ0) is 15.5. The molecule has 0 aliphatic heterocycles. The Kier molecular flexibility index (Phi) is 5.02. The van der Waals surface area contributed by atoms with Gasteiger partial charge in [-0.1, -0.05) is 36.2 Å². The highest BCUT2D eigenvalue weighted by atomic mass is 35.5. The summed E-state index contributed by atoms with van der Waals surface area (Å²) in [5.41, 5.74) is 3.57. The fraction of sp³-hybridized carbons (Fsp3) is 0.389. The van der Waals surface area contributed by atoms with Gasteiger partial charge in [0.1, 0.15) is 0 Å². The number of aromatic nitrogens is 1. The first-order chi connectivity index (χ1) is 9.90. The standard InChI is InChI=1S/C18H23ClN2/c1-5-13(12-21-18(2,3)4)11-14-8-9-16(19)15-7-6-10-20-17(14)15/h6-11,21H,5,12H2,1-4H3/b13-11-. The maximum Gasteiger partial charge on any atom is 0.0789 e. The van der Waals surface area contributed by atoms with E-state index < -0.39 is 0 Å². The summed E-state index contributed by atoms with van der Waals surface area (Å²) in [5, 5.41) is 5.30. The van der Waals surface area contributed by atoms with E-state index in [1.165, 1.54) is 5.57 Å². The number of pyridine rings is 1. The number of hydrogen-bond acceptors (Lipinski definition) is 2. The zero-order valence-electron chi connectivity index (χ0n) is 13.2. The van der Waals surface area contributed by atoms with Crippen LogP contribution in [0, 0.1) is 0 Å². The lowest BCUT2D eigenvalue weighted by molar-refractivity contribution is 0.443. The van der Waals surface area contributed by atoms with Gasteiger partial charge in [-0.2, -0.15) is 0 Å². The Morgan fingerprint density at radius 1 is 1.29 bits per heavy atom. The average Bonchev–Trinajstić information content (AvgIpc) is 2.45. The highest BCUT2D eigenvalue weighted by Gasteiger charge is 2.10. The molecule has 1 aromatic carbocycles. The van der Waals surface area contributed by atoms with Gasteiger partial charge in [0.25, 0.3) is 0 Å². The Bertz CT molecular complexity index is 654. The molecule has 0 fully saturated rings. The summed E-state index contributed by atoms with van der Waals surface area (Å²) in [6.07, 6.45) is 5.06. The van der Waals surface area contributed by atoms with E-state index in [0.29, 0.717) is 0 Å². The van der Waals surface area contributed by atoms with Gasteiger partial charge in [0.2, 0.25) is 0 Å². The number of nitrogens with one attached hydrogen (secondary N) is 1. The van der Waals surface area contributed by atoms with E-state index in [-0.39, 0.29) is 5.54 Å². The van der Waals surface area contributed by atoms with Crippen LogP contribution in [0.3, 0.4) is 0 Å². The van der Waals surface area contributed by atoms with Gasteiger partial charge in [-0.05, 0) is 45.4 Å². The molecule has 0 atom stereocenters. The minimum Gasteiger partial charge on any atom is -0.308 e. The van der Waals surface area contributed by atoms with Crippen LogP contribution in [0.25, 0.3) is 17.0 Å². The van der Waals surface area contributed by atoms with Crippen molar-refractivity contribution in [1.82, 2.24) is 10.3 Å². The summed E-state index contributed by atoms with van der Waals surface area (Å²) in [7, 11) is 0. The topological polar surface area (TPSA) is 24.9 Å². The largest absolute Gasteiger partial charge is 0.308 e. The third-order valence-electron chi connectivity index (χ3n) is 3.41. The molecule has 1 heterocycles. The molecule has 0 unspecified atom stereocenters. The molecule has 2 aromatic rings. The Balaban J connectivity index is 2.36. The molecule has 0 aliphatic carbocycles. The van der Waals surface area contributed by atoms with Crippen LogP contribution in [0.5, 0.6) is 0 Å². The second-order valence-electron chi connectivity index (χ2n) is 6.30. The van der Waals surface area contributed by atoms with E-state index in [1.807, 2.05) is 30.5 Å². The molecule has 3 heteroatoms. The van der Waals surface area contributed by atoms with E-state index in [4.69, 9.17) is 11.6 Å². The number of nitrogens with zero attached hydrogens (tertiary/aromatic N) is 1. The first kappa shape index (κ1) is 16.0. The van der Waals surface area contributed by atoms with Crippen molar-refractivity contribution in [3.63, 3.8) is 0 Å². The molecule has 0 saturated heterocycles. The smallest absolute Gasteiger partial charge is 0.0789 e. The maximum absolute atomic E-state index is 6.25. The van der Waals surface area contributed by atoms with Crippen LogP contribution in [-0.2, 0) is 0 Å². The van der Waals surface area contributed by atoms with Crippen molar-refractivity contribution in [2.75, 3.05) is 6.54 Å². The molecular weight excluding hydrogens is 280 g/mol. The van der Waals surface area contributed by atoms with E-state index in [9.17, 15) is 0 Å². The first-order valence-electron chi connectivity index (χ1n) is 7.38. The molecule has 0 spiro atoms. The molecule has 0 radical (unpaired) electrons. The Hall–Kier alpha value is -1.38. The molecule has 1 N–H and O–H groups in total. The molecule has 21 heavy (non-hydrogen) atoms. The average molecular weight is 303 g/mol. The Morgan fingerprint density at radius 2 is 2.05 bits per heavy atom. The summed E-state index contributed by atoms with van der Waals surface area (Å²) < 4.78 is 0. The fourth-order valence-corrected chi connectivity index (χ4v) is 2.37. The molecule has 112 valence electrons. The predicted molar refractivity (Wildman–Crippen MR) is 92.8 cm³/mol. The number of hydrogen-bond donors (Lipinski definition) is 1. The second-order valence-corrected chi connectivity index (χ2v) is 6.70. The third-order valence-corrected chi connectivity index (χ3v) is 3.74. The lowest BCUT2D eigenvalue weighted by Crippen LogP contribution is -2.36. The number of rotatable bonds is 4. The highest BCUT2D eigenvalue weighted by molar-refractivity contribution is 6.35. The monoisotopic (exact) mass is 302 g/mol. The summed E-state index contributed by atoms with van der Waals surface area (Å²) in [6, 6.07) is 7.93. The van der Waals surface area contributed by atoms with Crippen LogP contribution >= 0.6 is 11.6 Å². The van der Waals surface area contributed by atoms with Crippen LogP contribution in [0.15, 0.2) is 36.0 Å². The van der Waals surface area contributed by atoms with Gasteiger partial charge < -0.3 is 5.32 Å². The van der Waals surface area contributed by atoms with Crippen LogP contribution in [0.2, 0.25) is 5.02 Å². The minimum atomic E-state index is 0.120. The van der Waals surface area contributed by atoms with Crippen LogP contribution in [0.1, 0.15) is 39.7 Å². The summed E-state index contributed by atoms with van der Waals surface area (Å²) in [4.78, 5) is 4.49.